The number of ether oxygens (including phenoxy) is 1. The van der Waals surface area contributed by atoms with Crippen LogP contribution in [0.3, 0.4) is 0 Å². The number of hydrogen-bond acceptors (Lipinski definition) is 5. The second kappa shape index (κ2) is 6.42. The SMILES string of the molecule is CCOC(=O)C(=O)CC(=O)c1cc(F)cc(Br)c1O. The number of phenols is 1. The van der Waals surface area contributed by atoms with Gasteiger partial charge >= 0.3 is 5.97 Å². The molecule has 0 fully saturated rings. The van der Waals surface area contributed by atoms with Crippen LogP contribution >= 0.6 is 15.9 Å². The molecule has 1 rings (SSSR count). The number of esters is 1. The molecule has 0 atom stereocenters. The Labute approximate surface area is 116 Å². The van der Waals surface area contributed by atoms with Gasteiger partial charge in [0.1, 0.15) is 11.6 Å². The molecule has 0 aliphatic heterocycles. The normalized spacial score (nSPS) is 10.1. The van der Waals surface area contributed by atoms with E-state index in [1.54, 1.807) is 0 Å². The highest BCUT2D eigenvalue weighted by Gasteiger charge is 2.23. The van der Waals surface area contributed by atoms with Gasteiger partial charge in [0, 0.05) is 0 Å². The first kappa shape index (κ1) is 15.3. The summed E-state index contributed by atoms with van der Waals surface area (Å²) in [7, 11) is 0. The van der Waals surface area contributed by atoms with Gasteiger partial charge in [-0.3, -0.25) is 9.59 Å². The number of ketones is 2. The zero-order valence-electron chi connectivity index (χ0n) is 9.91. The number of Topliss-reactive ketones (excluding diaryl/α,β-unsaturated/α-hetero) is 2. The van der Waals surface area contributed by atoms with Crippen LogP contribution in [0.4, 0.5) is 4.39 Å². The van der Waals surface area contributed by atoms with Crippen molar-refractivity contribution in [3.8, 4) is 5.75 Å². The summed E-state index contributed by atoms with van der Waals surface area (Å²) in [6.07, 6.45) is -0.789. The van der Waals surface area contributed by atoms with E-state index in [1.807, 2.05) is 0 Å². The van der Waals surface area contributed by atoms with Crippen molar-refractivity contribution in [2.45, 2.75) is 13.3 Å². The molecule has 0 saturated carbocycles. The van der Waals surface area contributed by atoms with Crippen LogP contribution in [0.15, 0.2) is 16.6 Å². The van der Waals surface area contributed by atoms with E-state index in [4.69, 9.17) is 0 Å². The van der Waals surface area contributed by atoms with Crippen molar-refractivity contribution < 1.29 is 28.6 Å². The van der Waals surface area contributed by atoms with Crippen molar-refractivity contribution in [1.29, 1.82) is 0 Å². The fourth-order valence-corrected chi connectivity index (χ4v) is 1.74. The molecule has 0 radical (unpaired) electrons. The standard InChI is InChI=1S/C12H10BrFO5/c1-2-19-12(18)10(16)5-9(15)7-3-6(14)4-8(13)11(7)17/h3-4,17H,2,5H2,1H3. The first-order chi connectivity index (χ1) is 8.86. The Balaban J connectivity index is 2.90. The van der Waals surface area contributed by atoms with E-state index in [-0.39, 0.29) is 16.6 Å². The topological polar surface area (TPSA) is 80.7 Å². The molecular weight excluding hydrogens is 323 g/mol. The minimum Gasteiger partial charge on any atom is -0.506 e. The summed E-state index contributed by atoms with van der Waals surface area (Å²) >= 11 is 2.87. The lowest BCUT2D eigenvalue weighted by molar-refractivity contribution is -0.153. The number of halogens is 2. The van der Waals surface area contributed by atoms with Crippen LogP contribution in [0.25, 0.3) is 0 Å². The largest absolute Gasteiger partial charge is 0.506 e. The minimum absolute atomic E-state index is 0.00945. The molecule has 5 nitrogen and oxygen atoms in total. The number of phenolic OH excluding ortho intramolecular Hbond substituents is 1. The lowest BCUT2D eigenvalue weighted by atomic mass is 10.0. The van der Waals surface area contributed by atoms with E-state index in [1.165, 1.54) is 6.92 Å². The molecule has 102 valence electrons. The molecule has 0 aromatic heterocycles. The van der Waals surface area contributed by atoms with Crippen molar-refractivity contribution in [2.75, 3.05) is 6.61 Å². The van der Waals surface area contributed by atoms with Gasteiger partial charge in [-0.1, -0.05) is 0 Å². The average Bonchev–Trinajstić information content (AvgIpc) is 2.33. The lowest BCUT2D eigenvalue weighted by Gasteiger charge is -2.05. The quantitative estimate of drug-likeness (QED) is 0.386. The van der Waals surface area contributed by atoms with Crippen LogP contribution in [0.5, 0.6) is 5.75 Å². The Bertz CT molecular complexity index is 541. The van der Waals surface area contributed by atoms with Crippen LogP contribution in [-0.4, -0.2) is 29.2 Å². The Morgan fingerprint density at radius 3 is 2.58 bits per heavy atom. The Kier molecular flexibility index (Phi) is 5.17. The van der Waals surface area contributed by atoms with Crippen molar-refractivity contribution in [2.24, 2.45) is 0 Å². The maximum atomic E-state index is 13.1. The van der Waals surface area contributed by atoms with Crippen molar-refractivity contribution in [1.82, 2.24) is 0 Å². The predicted molar refractivity (Wildman–Crippen MR) is 66.4 cm³/mol. The third-order valence-corrected chi connectivity index (χ3v) is 2.76. The average molecular weight is 333 g/mol. The molecule has 1 aromatic carbocycles. The van der Waals surface area contributed by atoms with Gasteiger partial charge in [0.15, 0.2) is 5.78 Å². The molecule has 1 N–H and O–H groups in total. The van der Waals surface area contributed by atoms with Gasteiger partial charge in [-0.2, -0.15) is 0 Å². The third kappa shape index (κ3) is 3.85. The van der Waals surface area contributed by atoms with Gasteiger partial charge in [0.05, 0.1) is 23.1 Å². The first-order valence-corrected chi connectivity index (χ1v) is 6.07. The fraction of sp³-hybridized carbons (Fsp3) is 0.250. The predicted octanol–water partition coefficient (Wildman–Crippen LogP) is 2.00. The van der Waals surface area contributed by atoms with Crippen LogP contribution in [-0.2, 0) is 14.3 Å². The molecule has 0 bridgehead atoms. The highest BCUT2D eigenvalue weighted by Crippen LogP contribution is 2.29. The maximum Gasteiger partial charge on any atom is 0.375 e. The maximum absolute atomic E-state index is 13.1. The van der Waals surface area contributed by atoms with E-state index in [0.717, 1.165) is 12.1 Å². The number of hydrogen-bond donors (Lipinski definition) is 1. The van der Waals surface area contributed by atoms with Crippen LogP contribution in [0.2, 0.25) is 0 Å². The van der Waals surface area contributed by atoms with Crippen LogP contribution in [0.1, 0.15) is 23.7 Å². The Morgan fingerprint density at radius 2 is 2.00 bits per heavy atom. The fourth-order valence-electron chi connectivity index (χ4n) is 1.30. The summed E-state index contributed by atoms with van der Waals surface area (Å²) in [4.78, 5) is 34.1. The highest BCUT2D eigenvalue weighted by atomic mass is 79.9. The molecule has 7 heteroatoms. The molecule has 1 aromatic rings. The number of carbonyl (C=O) groups excluding carboxylic acids is 3. The molecule has 0 aliphatic rings. The second-order valence-corrected chi connectivity index (χ2v) is 4.38. The molecule has 0 spiro atoms. The van der Waals surface area contributed by atoms with Crippen molar-refractivity contribution in [3.05, 3.63) is 28.0 Å². The van der Waals surface area contributed by atoms with E-state index in [0.29, 0.717) is 0 Å². The highest BCUT2D eigenvalue weighted by molar-refractivity contribution is 9.10. The van der Waals surface area contributed by atoms with Crippen molar-refractivity contribution >= 4 is 33.5 Å². The van der Waals surface area contributed by atoms with Crippen molar-refractivity contribution in [3.63, 3.8) is 0 Å². The molecular formula is C12H10BrFO5. The second-order valence-electron chi connectivity index (χ2n) is 3.53. The summed E-state index contributed by atoms with van der Waals surface area (Å²) in [5.41, 5.74) is -0.371. The van der Waals surface area contributed by atoms with Gasteiger partial charge < -0.3 is 9.84 Å². The van der Waals surface area contributed by atoms with E-state index in [9.17, 15) is 23.9 Å². The van der Waals surface area contributed by atoms with Gasteiger partial charge in [0.25, 0.3) is 0 Å². The summed E-state index contributed by atoms with van der Waals surface area (Å²) in [6.45, 7) is 1.53. The first-order valence-electron chi connectivity index (χ1n) is 5.28. The van der Waals surface area contributed by atoms with Gasteiger partial charge in [-0.15, -0.1) is 0 Å². The van der Waals surface area contributed by atoms with Gasteiger partial charge in [-0.05, 0) is 35.0 Å². The number of carbonyl (C=O) groups is 3. The smallest absolute Gasteiger partial charge is 0.375 e. The van der Waals surface area contributed by atoms with Gasteiger partial charge in [0.2, 0.25) is 5.78 Å². The molecule has 0 saturated heterocycles. The Morgan fingerprint density at radius 1 is 1.37 bits per heavy atom. The molecule has 0 amide bonds. The summed E-state index contributed by atoms with van der Waals surface area (Å²) in [5, 5.41) is 9.59. The lowest BCUT2D eigenvalue weighted by Crippen LogP contribution is -2.20. The summed E-state index contributed by atoms with van der Waals surface area (Å²) in [6, 6.07) is 1.76. The van der Waals surface area contributed by atoms with Gasteiger partial charge in [-0.25, -0.2) is 9.18 Å². The zero-order chi connectivity index (χ0) is 14.6. The zero-order valence-corrected chi connectivity index (χ0v) is 11.5. The molecule has 0 unspecified atom stereocenters. The summed E-state index contributed by atoms with van der Waals surface area (Å²) in [5.74, 6) is -4.28. The number of aromatic hydroxyl groups is 1. The Hall–Kier alpha value is -1.76. The minimum atomic E-state index is -1.13. The number of rotatable bonds is 5. The van der Waals surface area contributed by atoms with Crippen LogP contribution in [0, 0.1) is 5.82 Å². The van der Waals surface area contributed by atoms with E-state index < -0.39 is 35.5 Å². The van der Waals surface area contributed by atoms with Crippen LogP contribution < -0.4 is 0 Å². The van der Waals surface area contributed by atoms with E-state index in [2.05, 4.69) is 20.7 Å². The monoisotopic (exact) mass is 332 g/mol. The summed E-state index contributed by atoms with van der Waals surface area (Å²) < 4.78 is 17.5. The number of benzene rings is 1. The molecule has 19 heavy (non-hydrogen) atoms. The molecule has 0 heterocycles. The molecule has 0 aliphatic carbocycles. The third-order valence-electron chi connectivity index (χ3n) is 2.15. The van der Waals surface area contributed by atoms with E-state index >= 15 is 0 Å².